The number of hydrogen-bond donors (Lipinski definition) is 2. The van der Waals surface area contributed by atoms with Crippen LogP contribution in [0.15, 0.2) is 67.0 Å². The number of aromatic hydroxyl groups is 1. The van der Waals surface area contributed by atoms with Crippen molar-refractivity contribution >= 4 is 5.82 Å². The van der Waals surface area contributed by atoms with Gasteiger partial charge in [0.2, 0.25) is 0 Å². The summed E-state index contributed by atoms with van der Waals surface area (Å²) in [7, 11) is 1.57. The summed E-state index contributed by atoms with van der Waals surface area (Å²) in [5.74, 6) is 1.19. The van der Waals surface area contributed by atoms with Crippen LogP contribution in [0.3, 0.4) is 0 Å². The number of methoxy groups -OCH3 is 1. The van der Waals surface area contributed by atoms with E-state index in [-0.39, 0.29) is 18.6 Å². The molecule has 2 heterocycles. The van der Waals surface area contributed by atoms with Crippen molar-refractivity contribution in [3.05, 3.63) is 72.6 Å². The maximum atomic E-state index is 9.51. The topological polar surface area (TPSA) is 108 Å². The van der Waals surface area contributed by atoms with E-state index in [1.54, 1.807) is 25.4 Å². The quantitative estimate of drug-likeness (QED) is 0.439. The standard InChI is InChI=1S/C23H23N5O3/c1-15(16-7-9-18(29)10-8-16)28-13-17(12-25-28)20-11-21(26-27-23(20)24)19-5-3-4-6-22(19)31-14-30-2/h3-13,15,29H,14H2,1-2H3,(H2,24,27). The molecular weight excluding hydrogens is 394 g/mol. The second-order valence-corrected chi connectivity index (χ2v) is 7.05. The number of benzene rings is 2. The van der Waals surface area contributed by atoms with Crippen molar-refractivity contribution in [1.29, 1.82) is 0 Å². The van der Waals surface area contributed by atoms with E-state index in [1.807, 2.05) is 60.3 Å². The number of rotatable bonds is 7. The van der Waals surface area contributed by atoms with Crippen LogP contribution in [0.1, 0.15) is 18.5 Å². The van der Waals surface area contributed by atoms with E-state index in [2.05, 4.69) is 15.3 Å². The molecule has 1 atom stereocenters. The molecule has 0 bridgehead atoms. The molecule has 0 amide bonds. The van der Waals surface area contributed by atoms with E-state index < -0.39 is 0 Å². The van der Waals surface area contributed by atoms with Gasteiger partial charge in [0.05, 0.1) is 17.9 Å². The average Bonchev–Trinajstić information content (AvgIpc) is 3.28. The monoisotopic (exact) mass is 417 g/mol. The molecule has 4 rings (SSSR count). The van der Waals surface area contributed by atoms with Gasteiger partial charge >= 0.3 is 0 Å². The Morgan fingerprint density at radius 1 is 1.06 bits per heavy atom. The van der Waals surface area contributed by atoms with Gasteiger partial charge in [-0.3, -0.25) is 4.68 Å². The number of para-hydroxylation sites is 1. The zero-order chi connectivity index (χ0) is 21.8. The van der Waals surface area contributed by atoms with Crippen LogP contribution in [0.25, 0.3) is 22.4 Å². The zero-order valence-corrected chi connectivity index (χ0v) is 17.3. The number of nitrogen functional groups attached to an aromatic ring is 1. The van der Waals surface area contributed by atoms with E-state index in [0.29, 0.717) is 17.3 Å². The third kappa shape index (κ3) is 4.34. The number of anilines is 1. The Morgan fingerprint density at radius 3 is 2.61 bits per heavy atom. The lowest BCUT2D eigenvalue weighted by atomic mass is 10.1. The van der Waals surface area contributed by atoms with Crippen LogP contribution in [0.2, 0.25) is 0 Å². The summed E-state index contributed by atoms with van der Waals surface area (Å²) in [5, 5.41) is 22.4. The number of aromatic nitrogens is 4. The lowest BCUT2D eigenvalue weighted by Crippen LogP contribution is -2.06. The molecule has 0 spiro atoms. The van der Waals surface area contributed by atoms with Crippen molar-refractivity contribution in [2.24, 2.45) is 0 Å². The fourth-order valence-electron chi connectivity index (χ4n) is 3.28. The molecule has 2 aromatic carbocycles. The van der Waals surface area contributed by atoms with E-state index in [1.165, 1.54) is 0 Å². The molecule has 8 nitrogen and oxygen atoms in total. The van der Waals surface area contributed by atoms with Crippen molar-refractivity contribution in [2.75, 3.05) is 19.6 Å². The number of phenols is 1. The summed E-state index contributed by atoms with van der Waals surface area (Å²) in [6, 6.07) is 16.5. The van der Waals surface area contributed by atoms with Gasteiger partial charge in [-0.05, 0) is 42.8 Å². The van der Waals surface area contributed by atoms with Crippen LogP contribution in [-0.2, 0) is 4.74 Å². The molecule has 0 radical (unpaired) electrons. The Bertz CT molecular complexity index is 1170. The van der Waals surface area contributed by atoms with Crippen molar-refractivity contribution in [3.8, 4) is 33.9 Å². The Labute approximate surface area is 179 Å². The third-order valence-electron chi connectivity index (χ3n) is 5.00. The molecule has 2 aromatic heterocycles. The zero-order valence-electron chi connectivity index (χ0n) is 17.3. The van der Waals surface area contributed by atoms with Crippen molar-refractivity contribution in [3.63, 3.8) is 0 Å². The van der Waals surface area contributed by atoms with Crippen molar-refractivity contribution < 1.29 is 14.6 Å². The molecule has 0 aliphatic carbocycles. The number of nitrogens with two attached hydrogens (primary N) is 1. The Balaban J connectivity index is 1.67. The highest BCUT2D eigenvalue weighted by Gasteiger charge is 2.15. The van der Waals surface area contributed by atoms with Crippen molar-refractivity contribution in [1.82, 2.24) is 20.0 Å². The van der Waals surface area contributed by atoms with Gasteiger partial charge < -0.3 is 20.3 Å². The third-order valence-corrected chi connectivity index (χ3v) is 5.00. The van der Waals surface area contributed by atoms with Gasteiger partial charge in [0, 0.05) is 30.0 Å². The number of nitrogens with zero attached hydrogens (tertiary/aromatic N) is 4. The van der Waals surface area contributed by atoms with Crippen LogP contribution >= 0.6 is 0 Å². The summed E-state index contributed by atoms with van der Waals surface area (Å²) in [4.78, 5) is 0. The first-order valence-electron chi connectivity index (χ1n) is 9.74. The predicted octanol–water partition coefficient (Wildman–Crippen LogP) is 3.89. The second kappa shape index (κ2) is 8.85. The Hall–Kier alpha value is -3.91. The van der Waals surface area contributed by atoms with Gasteiger partial charge in [-0.1, -0.05) is 24.3 Å². The number of phenolic OH excluding ortho intramolecular Hbond substituents is 1. The number of hydrogen-bond acceptors (Lipinski definition) is 7. The Morgan fingerprint density at radius 2 is 1.84 bits per heavy atom. The van der Waals surface area contributed by atoms with Gasteiger partial charge in [-0.15, -0.1) is 10.2 Å². The minimum absolute atomic E-state index is 0.0204. The maximum Gasteiger partial charge on any atom is 0.188 e. The average molecular weight is 417 g/mol. The number of ether oxygens (including phenoxy) is 2. The van der Waals surface area contributed by atoms with Crippen LogP contribution in [0.4, 0.5) is 5.82 Å². The Kier molecular flexibility index (Phi) is 5.81. The van der Waals surface area contributed by atoms with Crippen LogP contribution in [0, 0.1) is 0 Å². The largest absolute Gasteiger partial charge is 0.508 e. The SMILES string of the molecule is COCOc1ccccc1-c1cc(-c2cnn(C(C)c3ccc(O)cc3)c2)c(N)nn1. The van der Waals surface area contributed by atoms with Gasteiger partial charge in [0.1, 0.15) is 11.5 Å². The predicted molar refractivity (Wildman–Crippen MR) is 118 cm³/mol. The van der Waals surface area contributed by atoms with E-state index >= 15 is 0 Å². The van der Waals surface area contributed by atoms with Crippen molar-refractivity contribution in [2.45, 2.75) is 13.0 Å². The molecule has 0 saturated carbocycles. The minimum Gasteiger partial charge on any atom is -0.508 e. The lowest BCUT2D eigenvalue weighted by molar-refractivity contribution is 0.0515. The highest BCUT2D eigenvalue weighted by atomic mass is 16.7. The molecule has 1 unspecified atom stereocenters. The molecule has 158 valence electrons. The van der Waals surface area contributed by atoms with Gasteiger partial charge in [-0.2, -0.15) is 5.10 Å². The van der Waals surface area contributed by atoms with Crippen LogP contribution < -0.4 is 10.5 Å². The van der Waals surface area contributed by atoms with Crippen LogP contribution in [0.5, 0.6) is 11.5 Å². The summed E-state index contributed by atoms with van der Waals surface area (Å²) in [6.07, 6.45) is 3.67. The molecule has 3 N–H and O–H groups in total. The van der Waals surface area contributed by atoms with E-state index in [9.17, 15) is 5.11 Å². The maximum absolute atomic E-state index is 9.51. The van der Waals surface area contributed by atoms with E-state index in [4.69, 9.17) is 15.2 Å². The first-order chi connectivity index (χ1) is 15.1. The summed E-state index contributed by atoms with van der Waals surface area (Å²) < 4.78 is 12.5. The van der Waals surface area contributed by atoms with Crippen LogP contribution in [-0.4, -0.2) is 39.0 Å². The van der Waals surface area contributed by atoms with Gasteiger partial charge in [-0.25, -0.2) is 0 Å². The lowest BCUT2D eigenvalue weighted by Gasteiger charge is -2.13. The molecule has 0 fully saturated rings. The highest BCUT2D eigenvalue weighted by molar-refractivity contribution is 5.78. The van der Waals surface area contributed by atoms with Gasteiger partial charge in [0.15, 0.2) is 12.6 Å². The second-order valence-electron chi connectivity index (χ2n) is 7.05. The molecule has 0 saturated heterocycles. The summed E-state index contributed by atoms with van der Waals surface area (Å²) in [6.45, 7) is 2.17. The highest BCUT2D eigenvalue weighted by Crippen LogP contribution is 2.33. The van der Waals surface area contributed by atoms with Gasteiger partial charge in [0.25, 0.3) is 0 Å². The van der Waals surface area contributed by atoms with E-state index in [0.717, 1.165) is 22.3 Å². The molecule has 0 aliphatic heterocycles. The molecule has 8 heteroatoms. The smallest absolute Gasteiger partial charge is 0.188 e. The molecular formula is C23H23N5O3. The molecule has 31 heavy (non-hydrogen) atoms. The normalized spacial score (nSPS) is 11.9. The first-order valence-corrected chi connectivity index (χ1v) is 9.74. The summed E-state index contributed by atoms with van der Waals surface area (Å²) >= 11 is 0. The molecule has 0 aliphatic rings. The fourth-order valence-corrected chi connectivity index (χ4v) is 3.28. The minimum atomic E-state index is -0.0204. The first kappa shape index (κ1) is 20.4. The molecule has 4 aromatic rings. The summed E-state index contributed by atoms with van der Waals surface area (Å²) in [5.41, 5.74) is 10.2. The fraction of sp³-hybridized carbons (Fsp3) is 0.174.